The highest BCUT2D eigenvalue weighted by atomic mass is 32.1. The van der Waals surface area contributed by atoms with E-state index in [9.17, 15) is 0 Å². The lowest BCUT2D eigenvalue weighted by Crippen LogP contribution is -2.00. The summed E-state index contributed by atoms with van der Waals surface area (Å²) in [5.41, 5.74) is 5.03. The zero-order valence-electron chi connectivity index (χ0n) is 21.0. The van der Waals surface area contributed by atoms with Crippen molar-refractivity contribution >= 4 is 26.5 Å². The van der Waals surface area contributed by atoms with Crippen molar-refractivity contribution in [3.63, 3.8) is 0 Å². The van der Waals surface area contributed by atoms with E-state index in [1.54, 1.807) is 11.3 Å². The molecule has 0 spiro atoms. The fourth-order valence-electron chi connectivity index (χ4n) is 4.47. The maximum Gasteiger partial charge on any atom is 0.195 e. The van der Waals surface area contributed by atoms with Crippen LogP contribution in [-0.2, 0) is 24.5 Å². The molecule has 0 N–H and O–H groups in total. The van der Waals surface area contributed by atoms with E-state index in [0.29, 0.717) is 19.8 Å². The molecule has 0 bridgehead atoms. The SMILES string of the molecule is CCCCCCCn1cc(COCc2c(-c3ccccc3)nc3sc4cc(OCC)ccc4n23)nn1. The van der Waals surface area contributed by atoms with Gasteiger partial charge in [-0.3, -0.25) is 9.08 Å². The van der Waals surface area contributed by atoms with Crippen LogP contribution in [0.2, 0.25) is 0 Å². The number of rotatable bonds is 13. The standard InChI is InChI=1S/C28H33N5O2S/c1-3-5-6-7-11-16-32-18-22(30-31-32)19-34-20-25-27(21-12-9-8-10-13-21)29-28-33(25)24-15-14-23(35-4-2)17-26(24)36-28/h8-10,12-15,17-18H,3-7,11,16,19-20H2,1-2H3. The Morgan fingerprint density at radius 1 is 0.944 bits per heavy atom. The Hall–Kier alpha value is -3.23. The van der Waals surface area contributed by atoms with E-state index >= 15 is 0 Å². The fraction of sp³-hybridized carbons (Fsp3) is 0.393. The van der Waals surface area contributed by atoms with Crippen LogP contribution in [0.1, 0.15) is 57.3 Å². The number of hydrogen-bond acceptors (Lipinski definition) is 6. The van der Waals surface area contributed by atoms with Gasteiger partial charge in [-0.2, -0.15) is 0 Å². The van der Waals surface area contributed by atoms with Gasteiger partial charge in [-0.05, 0) is 31.5 Å². The molecule has 0 fully saturated rings. The number of aromatic nitrogens is 5. The molecule has 3 heterocycles. The van der Waals surface area contributed by atoms with Crippen LogP contribution in [0.15, 0.2) is 54.7 Å². The number of aryl methyl sites for hydroxylation is 1. The highest BCUT2D eigenvalue weighted by molar-refractivity contribution is 7.23. The minimum Gasteiger partial charge on any atom is -0.494 e. The van der Waals surface area contributed by atoms with Crippen molar-refractivity contribution in [2.45, 2.75) is 65.7 Å². The summed E-state index contributed by atoms with van der Waals surface area (Å²) in [5, 5.41) is 8.59. The van der Waals surface area contributed by atoms with E-state index in [4.69, 9.17) is 14.5 Å². The van der Waals surface area contributed by atoms with E-state index in [0.717, 1.165) is 56.5 Å². The molecule has 0 atom stereocenters. The highest BCUT2D eigenvalue weighted by Gasteiger charge is 2.19. The van der Waals surface area contributed by atoms with Gasteiger partial charge in [0, 0.05) is 12.1 Å². The van der Waals surface area contributed by atoms with E-state index < -0.39 is 0 Å². The minimum absolute atomic E-state index is 0.411. The lowest BCUT2D eigenvalue weighted by molar-refractivity contribution is 0.102. The van der Waals surface area contributed by atoms with Gasteiger partial charge < -0.3 is 9.47 Å². The van der Waals surface area contributed by atoms with Crippen molar-refractivity contribution in [2.24, 2.45) is 0 Å². The lowest BCUT2D eigenvalue weighted by atomic mass is 10.1. The first-order chi connectivity index (χ1) is 17.8. The molecule has 7 nitrogen and oxygen atoms in total. The lowest BCUT2D eigenvalue weighted by Gasteiger charge is -2.07. The number of thiazole rings is 1. The topological polar surface area (TPSA) is 66.5 Å². The molecule has 188 valence electrons. The third-order valence-corrected chi connectivity index (χ3v) is 7.24. The van der Waals surface area contributed by atoms with Gasteiger partial charge in [-0.15, -0.1) is 5.10 Å². The Morgan fingerprint density at radius 3 is 2.64 bits per heavy atom. The molecule has 2 aromatic carbocycles. The quantitative estimate of drug-likeness (QED) is 0.164. The summed E-state index contributed by atoms with van der Waals surface area (Å²) < 4.78 is 17.2. The van der Waals surface area contributed by atoms with Gasteiger partial charge in [-0.1, -0.05) is 79.5 Å². The van der Waals surface area contributed by atoms with Crippen molar-refractivity contribution in [3.05, 3.63) is 66.1 Å². The van der Waals surface area contributed by atoms with Crippen LogP contribution in [0, 0.1) is 0 Å². The summed E-state index contributed by atoms with van der Waals surface area (Å²) in [6.07, 6.45) is 8.22. The van der Waals surface area contributed by atoms with Crippen molar-refractivity contribution in [3.8, 4) is 17.0 Å². The third kappa shape index (κ3) is 5.44. The molecular formula is C28H33N5O2S. The van der Waals surface area contributed by atoms with Gasteiger partial charge in [0.2, 0.25) is 0 Å². The fourth-order valence-corrected chi connectivity index (χ4v) is 5.54. The zero-order chi connectivity index (χ0) is 24.7. The molecule has 0 unspecified atom stereocenters. The molecular weight excluding hydrogens is 470 g/mol. The summed E-state index contributed by atoms with van der Waals surface area (Å²) >= 11 is 1.67. The Balaban J connectivity index is 1.34. The van der Waals surface area contributed by atoms with Crippen LogP contribution in [0.3, 0.4) is 0 Å². The molecule has 0 amide bonds. The van der Waals surface area contributed by atoms with Crippen LogP contribution in [-0.4, -0.2) is 31.0 Å². The maximum atomic E-state index is 6.19. The molecule has 0 saturated heterocycles. The first kappa shape index (κ1) is 24.5. The normalized spacial score (nSPS) is 11.6. The monoisotopic (exact) mass is 503 g/mol. The van der Waals surface area contributed by atoms with Gasteiger partial charge in [0.15, 0.2) is 4.96 Å². The van der Waals surface area contributed by atoms with E-state index in [2.05, 4.69) is 45.9 Å². The molecule has 0 aliphatic rings. The average Bonchev–Trinajstić information content (AvgIpc) is 3.59. The van der Waals surface area contributed by atoms with Crippen LogP contribution in [0.4, 0.5) is 0 Å². The van der Waals surface area contributed by atoms with Gasteiger partial charge >= 0.3 is 0 Å². The molecule has 3 aromatic heterocycles. The molecule has 0 radical (unpaired) electrons. The summed E-state index contributed by atoms with van der Waals surface area (Å²) in [4.78, 5) is 5.96. The Kier molecular flexibility index (Phi) is 7.93. The highest BCUT2D eigenvalue weighted by Crippen LogP contribution is 2.35. The smallest absolute Gasteiger partial charge is 0.195 e. The molecule has 0 aliphatic carbocycles. The number of imidazole rings is 1. The number of benzene rings is 2. The second-order valence-corrected chi connectivity index (χ2v) is 9.94. The number of fused-ring (bicyclic) bond motifs is 3. The summed E-state index contributed by atoms with van der Waals surface area (Å²) in [6.45, 7) is 6.62. The van der Waals surface area contributed by atoms with Gasteiger partial charge in [0.1, 0.15) is 11.4 Å². The van der Waals surface area contributed by atoms with Crippen LogP contribution >= 0.6 is 11.3 Å². The Labute approximate surface area is 215 Å². The van der Waals surface area contributed by atoms with Gasteiger partial charge in [0.25, 0.3) is 0 Å². The second-order valence-electron chi connectivity index (χ2n) is 8.94. The maximum absolute atomic E-state index is 6.19. The Bertz CT molecular complexity index is 1410. The van der Waals surface area contributed by atoms with Gasteiger partial charge in [0.05, 0.1) is 47.6 Å². The van der Waals surface area contributed by atoms with E-state index in [1.165, 1.54) is 25.7 Å². The predicted octanol–water partition coefficient (Wildman–Crippen LogP) is 6.89. The first-order valence-electron chi connectivity index (χ1n) is 12.9. The third-order valence-electron chi connectivity index (χ3n) is 6.24. The van der Waals surface area contributed by atoms with E-state index in [-0.39, 0.29) is 0 Å². The number of unbranched alkanes of at least 4 members (excludes halogenated alkanes) is 4. The molecule has 36 heavy (non-hydrogen) atoms. The van der Waals surface area contributed by atoms with Crippen LogP contribution in [0.25, 0.3) is 26.4 Å². The van der Waals surface area contributed by atoms with E-state index in [1.807, 2.05) is 42.1 Å². The number of nitrogens with zero attached hydrogens (tertiary/aromatic N) is 5. The number of ether oxygens (including phenoxy) is 2. The molecule has 5 rings (SSSR count). The second kappa shape index (κ2) is 11.7. The Morgan fingerprint density at radius 2 is 1.81 bits per heavy atom. The summed E-state index contributed by atoms with van der Waals surface area (Å²) in [7, 11) is 0. The van der Waals surface area contributed by atoms with Crippen molar-refractivity contribution in [2.75, 3.05) is 6.61 Å². The summed E-state index contributed by atoms with van der Waals surface area (Å²) in [5.74, 6) is 0.879. The van der Waals surface area contributed by atoms with Crippen molar-refractivity contribution < 1.29 is 9.47 Å². The first-order valence-corrected chi connectivity index (χ1v) is 13.7. The molecule has 0 aliphatic heterocycles. The van der Waals surface area contributed by atoms with Crippen LogP contribution in [0.5, 0.6) is 5.75 Å². The molecule has 5 aromatic rings. The molecule has 8 heteroatoms. The average molecular weight is 504 g/mol. The predicted molar refractivity (Wildman–Crippen MR) is 144 cm³/mol. The molecule has 0 saturated carbocycles. The van der Waals surface area contributed by atoms with Crippen molar-refractivity contribution in [1.29, 1.82) is 0 Å². The number of hydrogen-bond donors (Lipinski definition) is 0. The minimum atomic E-state index is 0.411. The largest absolute Gasteiger partial charge is 0.494 e. The van der Waals surface area contributed by atoms with Gasteiger partial charge in [-0.25, -0.2) is 4.98 Å². The summed E-state index contributed by atoms with van der Waals surface area (Å²) in [6, 6.07) is 16.5. The van der Waals surface area contributed by atoms with Crippen molar-refractivity contribution in [1.82, 2.24) is 24.4 Å². The zero-order valence-corrected chi connectivity index (χ0v) is 21.8. The van der Waals surface area contributed by atoms with Crippen LogP contribution < -0.4 is 4.74 Å².